The summed E-state index contributed by atoms with van der Waals surface area (Å²) < 4.78 is 0. The number of aliphatic hydroxyl groups is 1. The van der Waals surface area contributed by atoms with Crippen molar-refractivity contribution >= 4 is 17.7 Å². The van der Waals surface area contributed by atoms with Crippen LogP contribution in [-0.2, 0) is 4.79 Å². The van der Waals surface area contributed by atoms with Crippen LogP contribution in [0.4, 0.5) is 0 Å². The van der Waals surface area contributed by atoms with Crippen LogP contribution in [0.15, 0.2) is 12.7 Å². The largest absolute Gasteiger partial charge is 0.480 e. The molecule has 4 heteroatoms. The van der Waals surface area contributed by atoms with Crippen molar-refractivity contribution in [2.24, 2.45) is 0 Å². The molecule has 3 nitrogen and oxygen atoms in total. The van der Waals surface area contributed by atoms with E-state index in [1.54, 1.807) is 6.08 Å². The molecule has 0 aliphatic heterocycles. The maximum Gasteiger partial charge on any atom is 0.319 e. The highest BCUT2D eigenvalue weighted by atomic mass is 32.2. The van der Waals surface area contributed by atoms with E-state index in [0.29, 0.717) is 12.2 Å². The Hall–Kier alpha value is -0.480. The van der Waals surface area contributed by atoms with Gasteiger partial charge in [-0.3, -0.25) is 4.79 Å². The smallest absolute Gasteiger partial charge is 0.319 e. The quantitative estimate of drug-likeness (QED) is 0.617. The van der Waals surface area contributed by atoms with Gasteiger partial charge >= 0.3 is 5.97 Å². The van der Waals surface area contributed by atoms with Crippen molar-refractivity contribution in [3.63, 3.8) is 0 Å². The lowest BCUT2D eigenvalue weighted by Gasteiger charge is -2.17. The molecule has 13 heavy (non-hydrogen) atoms. The molecule has 2 atom stereocenters. The number of hydrogen-bond acceptors (Lipinski definition) is 3. The maximum absolute atomic E-state index is 10.7. The Morgan fingerprint density at radius 3 is 2.69 bits per heavy atom. The lowest BCUT2D eigenvalue weighted by atomic mass is 10.1. The molecule has 0 rings (SSSR count). The summed E-state index contributed by atoms with van der Waals surface area (Å²) in [5.74, 6) is -0.398. The van der Waals surface area contributed by atoms with Crippen molar-refractivity contribution < 1.29 is 15.0 Å². The highest BCUT2D eigenvalue weighted by molar-refractivity contribution is 8.00. The summed E-state index contributed by atoms with van der Waals surface area (Å²) in [4.78, 5) is 10.7. The maximum atomic E-state index is 10.7. The monoisotopic (exact) mass is 204 g/mol. The van der Waals surface area contributed by atoms with E-state index in [9.17, 15) is 9.90 Å². The zero-order valence-electron chi connectivity index (χ0n) is 7.77. The van der Waals surface area contributed by atoms with Gasteiger partial charge in [0.25, 0.3) is 0 Å². The number of carboxylic acids is 1. The Labute approximate surface area is 82.8 Å². The molecule has 0 saturated carbocycles. The van der Waals surface area contributed by atoms with Crippen molar-refractivity contribution in [3.8, 4) is 0 Å². The minimum Gasteiger partial charge on any atom is -0.480 e. The second-order valence-corrected chi connectivity index (χ2v) is 3.91. The number of thioether (sulfide) groups is 1. The molecule has 0 spiro atoms. The molecule has 0 aromatic carbocycles. The van der Waals surface area contributed by atoms with Crippen molar-refractivity contribution in [1.29, 1.82) is 0 Å². The van der Waals surface area contributed by atoms with Gasteiger partial charge in [0.15, 0.2) is 0 Å². The molecule has 0 radical (unpaired) electrons. The fourth-order valence-corrected chi connectivity index (χ4v) is 1.81. The van der Waals surface area contributed by atoms with Gasteiger partial charge in [-0.25, -0.2) is 0 Å². The van der Waals surface area contributed by atoms with E-state index >= 15 is 0 Å². The third kappa shape index (κ3) is 4.95. The Kier molecular flexibility index (Phi) is 6.72. The summed E-state index contributed by atoms with van der Waals surface area (Å²) in [6.07, 6.45) is 2.20. The molecule has 0 aromatic heterocycles. The van der Waals surface area contributed by atoms with Crippen LogP contribution in [0.5, 0.6) is 0 Å². The van der Waals surface area contributed by atoms with Crippen LogP contribution >= 0.6 is 11.8 Å². The Morgan fingerprint density at radius 1 is 1.69 bits per heavy atom. The van der Waals surface area contributed by atoms with Crippen molar-refractivity contribution in [1.82, 2.24) is 0 Å². The van der Waals surface area contributed by atoms with E-state index in [2.05, 4.69) is 6.58 Å². The predicted octanol–water partition coefficient (Wildman–Crippen LogP) is 1.52. The number of carboxylic acid groups (broad SMARTS) is 1. The second kappa shape index (κ2) is 6.97. The molecule has 0 aromatic rings. The number of hydrogen-bond donors (Lipinski definition) is 2. The molecule has 0 unspecified atom stereocenters. The second-order valence-electron chi connectivity index (χ2n) is 2.74. The van der Waals surface area contributed by atoms with Crippen LogP contribution in [0.25, 0.3) is 0 Å². The lowest BCUT2D eigenvalue weighted by molar-refractivity contribution is -0.138. The first kappa shape index (κ1) is 12.5. The van der Waals surface area contributed by atoms with Crippen LogP contribution < -0.4 is 0 Å². The molecule has 0 saturated heterocycles. The van der Waals surface area contributed by atoms with Crippen LogP contribution in [0, 0.1) is 0 Å². The number of carbonyl (C=O) groups is 1. The topological polar surface area (TPSA) is 57.5 Å². The van der Waals surface area contributed by atoms with Gasteiger partial charge in [-0.1, -0.05) is 19.4 Å². The minimum atomic E-state index is -0.951. The molecule has 76 valence electrons. The van der Waals surface area contributed by atoms with E-state index < -0.39 is 17.3 Å². The summed E-state index contributed by atoms with van der Waals surface area (Å²) in [7, 11) is 0. The fraction of sp³-hybridized carbons (Fsp3) is 0.667. The SMILES string of the molecule is C=CCS[C@H](C(=O)O)[C@H](O)CCC. The zero-order valence-corrected chi connectivity index (χ0v) is 8.59. The van der Waals surface area contributed by atoms with E-state index in [4.69, 9.17) is 5.11 Å². The van der Waals surface area contributed by atoms with Crippen molar-refractivity contribution in [2.45, 2.75) is 31.1 Å². The van der Waals surface area contributed by atoms with E-state index in [-0.39, 0.29) is 0 Å². The molecule has 2 N–H and O–H groups in total. The lowest BCUT2D eigenvalue weighted by Crippen LogP contribution is -2.31. The zero-order chi connectivity index (χ0) is 10.3. The summed E-state index contributed by atoms with van der Waals surface area (Å²) in [5.41, 5.74) is 0. The normalized spacial score (nSPS) is 14.9. The number of aliphatic hydroxyl groups excluding tert-OH is 1. The first-order valence-corrected chi connectivity index (χ1v) is 5.31. The average Bonchev–Trinajstić information content (AvgIpc) is 2.05. The third-order valence-electron chi connectivity index (χ3n) is 1.57. The average molecular weight is 204 g/mol. The highest BCUT2D eigenvalue weighted by Crippen LogP contribution is 2.18. The van der Waals surface area contributed by atoms with Gasteiger partial charge in [-0.2, -0.15) is 0 Å². The van der Waals surface area contributed by atoms with Crippen LogP contribution in [0.3, 0.4) is 0 Å². The minimum absolute atomic E-state index is 0.529. The fourth-order valence-electron chi connectivity index (χ4n) is 0.966. The van der Waals surface area contributed by atoms with Gasteiger partial charge in [0.1, 0.15) is 5.25 Å². The molecule has 0 aliphatic carbocycles. The van der Waals surface area contributed by atoms with E-state index in [0.717, 1.165) is 6.42 Å². The standard InChI is InChI=1S/C9H16O3S/c1-3-5-7(10)8(9(11)12)13-6-4-2/h4,7-8,10H,2-3,5-6H2,1H3,(H,11,12)/t7-,8+/m1/s1. The highest BCUT2D eigenvalue weighted by Gasteiger charge is 2.25. The molecule has 0 fully saturated rings. The van der Waals surface area contributed by atoms with Crippen molar-refractivity contribution in [2.75, 3.05) is 5.75 Å². The summed E-state index contributed by atoms with van der Waals surface area (Å²) in [6, 6.07) is 0. The first-order valence-electron chi connectivity index (χ1n) is 4.26. The van der Waals surface area contributed by atoms with Crippen molar-refractivity contribution in [3.05, 3.63) is 12.7 Å². The molecular weight excluding hydrogens is 188 g/mol. The molecule has 0 aliphatic rings. The molecule has 0 bridgehead atoms. The Bertz CT molecular complexity index is 170. The number of aliphatic carboxylic acids is 1. The van der Waals surface area contributed by atoms with E-state index in [1.165, 1.54) is 11.8 Å². The van der Waals surface area contributed by atoms with Crippen LogP contribution in [0.1, 0.15) is 19.8 Å². The van der Waals surface area contributed by atoms with Gasteiger partial charge in [0.05, 0.1) is 6.10 Å². The molecule has 0 heterocycles. The number of rotatable bonds is 7. The summed E-state index contributed by atoms with van der Waals surface area (Å²) in [6.45, 7) is 5.42. The van der Waals surface area contributed by atoms with Crippen LogP contribution in [0.2, 0.25) is 0 Å². The summed E-state index contributed by atoms with van der Waals surface area (Å²) in [5, 5.41) is 17.5. The van der Waals surface area contributed by atoms with Gasteiger partial charge in [0.2, 0.25) is 0 Å². The van der Waals surface area contributed by atoms with Gasteiger partial charge in [0, 0.05) is 5.75 Å². The third-order valence-corrected chi connectivity index (χ3v) is 2.87. The van der Waals surface area contributed by atoms with Gasteiger partial charge in [-0.05, 0) is 6.42 Å². The van der Waals surface area contributed by atoms with Crippen LogP contribution in [-0.4, -0.2) is 33.3 Å². The van der Waals surface area contributed by atoms with Gasteiger partial charge < -0.3 is 10.2 Å². The predicted molar refractivity (Wildman–Crippen MR) is 55.0 cm³/mol. The summed E-state index contributed by atoms with van der Waals surface area (Å²) >= 11 is 1.21. The molecule has 0 amide bonds. The Morgan fingerprint density at radius 2 is 2.31 bits per heavy atom. The first-order chi connectivity index (χ1) is 6.13. The van der Waals surface area contributed by atoms with E-state index in [1.807, 2.05) is 6.92 Å². The Balaban J connectivity index is 4.06. The molecular formula is C9H16O3S. The van der Waals surface area contributed by atoms with Gasteiger partial charge in [-0.15, -0.1) is 18.3 Å².